The van der Waals surface area contributed by atoms with E-state index in [0.29, 0.717) is 5.57 Å². The average Bonchev–Trinajstić information content (AvgIpc) is 3.41. The third-order valence-corrected chi connectivity index (χ3v) is 10.8. The van der Waals surface area contributed by atoms with E-state index in [9.17, 15) is 18.5 Å². The summed E-state index contributed by atoms with van der Waals surface area (Å²) in [5.74, 6) is 0. The Morgan fingerprint density at radius 2 is 1.26 bits per heavy atom. The lowest BCUT2D eigenvalue weighted by molar-refractivity contribution is -0.605. The van der Waals surface area contributed by atoms with Crippen LogP contribution in [0.2, 0.25) is 0 Å². The standard InChI is InChI=1S/C37H37NO8S/c1-27-22-37(38(39)40)35(45-25-30-18-10-4-11-19-30)33(44-24-29-16-8-3-9-17-29)32(26-43-23-28-14-6-2-7-15-28)46-36(37)34(27)47(41,42)31-20-12-5-13-21-31/h2-21,32-33,35-36H,22-26H2,1H3/t32-,33-,35+,36-,37+/m1/s1. The second-order valence-electron chi connectivity index (χ2n) is 11.9. The van der Waals surface area contributed by atoms with Gasteiger partial charge in [-0.3, -0.25) is 10.1 Å². The minimum absolute atomic E-state index is 0.0123. The lowest BCUT2D eigenvalue weighted by Crippen LogP contribution is -2.70. The summed E-state index contributed by atoms with van der Waals surface area (Å²) in [5, 5.41) is 13.4. The molecule has 9 nitrogen and oxygen atoms in total. The molecule has 6 rings (SSSR count). The maximum absolute atomic E-state index is 14.2. The molecular weight excluding hydrogens is 618 g/mol. The third kappa shape index (κ3) is 6.79. The van der Waals surface area contributed by atoms with Gasteiger partial charge in [-0.1, -0.05) is 109 Å². The highest BCUT2D eigenvalue weighted by atomic mass is 32.2. The van der Waals surface area contributed by atoms with Crippen LogP contribution in [0.4, 0.5) is 0 Å². The number of nitro groups is 1. The lowest BCUT2D eigenvalue weighted by Gasteiger charge is -2.47. The van der Waals surface area contributed by atoms with Crippen molar-refractivity contribution >= 4 is 9.84 Å². The Morgan fingerprint density at radius 1 is 0.766 bits per heavy atom. The van der Waals surface area contributed by atoms with E-state index in [1.54, 1.807) is 25.1 Å². The highest BCUT2D eigenvalue weighted by Crippen LogP contribution is 2.51. The zero-order chi connectivity index (χ0) is 32.9. The zero-order valence-corrected chi connectivity index (χ0v) is 26.8. The first-order valence-corrected chi connectivity index (χ1v) is 17.0. The van der Waals surface area contributed by atoms with Crippen LogP contribution in [-0.4, -0.2) is 49.9 Å². The molecule has 1 heterocycles. The second-order valence-corrected chi connectivity index (χ2v) is 13.8. The molecule has 4 aromatic carbocycles. The van der Waals surface area contributed by atoms with Crippen LogP contribution < -0.4 is 0 Å². The highest BCUT2D eigenvalue weighted by Gasteiger charge is 2.71. The van der Waals surface area contributed by atoms with Crippen molar-refractivity contribution in [3.05, 3.63) is 159 Å². The van der Waals surface area contributed by atoms with Gasteiger partial charge in [-0.2, -0.15) is 0 Å². The fraction of sp³-hybridized carbons (Fsp3) is 0.297. The van der Waals surface area contributed by atoms with Crippen LogP contribution in [0.1, 0.15) is 30.0 Å². The van der Waals surface area contributed by atoms with Gasteiger partial charge in [0.1, 0.15) is 12.2 Å². The van der Waals surface area contributed by atoms with Gasteiger partial charge >= 0.3 is 0 Å². The summed E-state index contributed by atoms with van der Waals surface area (Å²) in [6.07, 6.45) is -4.68. The Kier molecular flexibility index (Phi) is 9.95. The van der Waals surface area contributed by atoms with E-state index in [1.807, 2.05) is 91.0 Å². The lowest BCUT2D eigenvalue weighted by atomic mass is 9.79. The van der Waals surface area contributed by atoms with Crippen molar-refractivity contribution in [2.45, 2.75) is 68.0 Å². The first-order chi connectivity index (χ1) is 22.8. The minimum Gasteiger partial charge on any atom is -0.374 e. The topological polar surface area (TPSA) is 114 Å². The number of ether oxygens (including phenoxy) is 4. The molecule has 4 aromatic rings. The van der Waals surface area contributed by atoms with E-state index in [-0.39, 0.29) is 42.6 Å². The van der Waals surface area contributed by atoms with Crippen molar-refractivity contribution in [3.8, 4) is 0 Å². The molecule has 0 amide bonds. The number of rotatable bonds is 13. The molecule has 0 saturated carbocycles. The maximum atomic E-state index is 14.2. The van der Waals surface area contributed by atoms with Crippen LogP contribution in [0.5, 0.6) is 0 Å². The van der Waals surface area contributed by atoms with Crippen molar-refractivity contribution in [2.75, 3.05) is 6.61 Å². The molecular formula is C37H37NO8S. The Labute approximate surface area is 274 Å². The van der Waals surface area contributed by atoms with Crippen LogP contribution in [0.15, 0.2) is 137 Å². The van der Waals surface area contributed by atoms with Gasteiger partial charge in [0, 0.05) is 11.3 Å². The van der Waals surface area contributed by atoms with Gasteiger partial charge in [0.25, 0.3) is 5.54 Å². The number of fused-ring (bicyclic) bond motifs is 1. The van der Waals surface area contributed by atoms with Crippen molar-refractivity contribution in [1.29, 1.82) is 0 Å². The summed E-state index contributed by atoms with van der Waals surface area (Å²) in [7, 11) is -4.17. The molecule has 1 aliphatic carbocycles. The Hall–Kier alpha value is -4.19. The Bertz CT molecular complexity index is 1790. The van der Waals surface area contributed by atoms with E-state index in [2.05, 4.69) is 0 Å². The van der Waals surface area contributed by atoms with Gasteiger partial charge in [0.2, 0.25) is 9.84 Å². The van der Waals surface area contributed by atoms with Gasteiger partial charge in [0.15, 0.2) is 12.2 Å². The Morgan fingerprint density at radius 3 is 1.79 bits per heavy atom. The molecule has 244 valence electrons. The van der Waals surface area contributed by atoms with Crippen LogP contribution in [0.25, 0.3) is 0 Å². The maximum Gasteiger partial charge on any atom is 0.284 e. The van der Waals surface area contributed by atoms with Crippen LogP contribution >= 0.6 is 0 Å². The molecule has 1 aliphatic heterocycles. The SMILES string of the molecule is CC1=C(S(=O)(=O)c2ccccc2)[C@H]2O[C@H](COCc3ccccc3)[C@@H](OCc3ccccc3)[C@H](OCc3ccccc3)[C@@]2([N+](=O)[O-])C1. The number of sulfone groups is 1. The van der Waals surface area contributed by atoms with Gasteiger partial charge in [-0.15, -0.1) is 0 Å². The van der Waals surface area contributed by atoms with E-state index in [1.165, 1.54) is 12.1 Å². The van der Waals surface area contributed by atoms with Gasteiger partial charge in [0.05, 0.1) is 36.2 Å². The molecule has 10 heteroatoms. The molecule has 0 unspecified atom stereocenters. The molecule has 1 fully saturated rings. The van der Waals surface area contributed by atoms with Gasteiger partial charge in [-0.25, -0.2) is 8.42 Å². The van der Waals surface area contributed by atoms with E-state index < -0.39 is 44.7 Å². The zero-order valence-electron chi connectivity index (χ0n) is 26.0. The molecule has 1 saturated heterocycles. The summed E-state index contributed by atoms with van der Waals surface area (Å²) in [6.45, 7) is 2.06. The molecule has 2 aliphatic rings. The fourth-order valence-electron chi connectivity index (χ4n) is 6.54. The summed E-state index contributed by atoms with van der Waals surface area (Å²) in [6, 6.07) is 36.4. The van der Waals surface area contributed by atoms with E-state index >= 15 is 0 Å². The first kappa shape index (κ1) is 32.7. The number of hydrogen-bond acceptors (Lipinski definition) is 8. The normalized spacial score (nSPS) is 24.2. The number of hydrogen-bond donors (Lipinski definition) is 0. The molecule has 0 bridgehead atoms. The quantitative estimate of drug-likeness (QED) is 0.122. The number of nitrogens with zero attached hydrogens (tertiary/aromatic N) is 1. The van der Waals surface area contributed by atoms with Crippen molar-refractivity contribution in [1.82, 2.24) is 0 Å². The monoisotopic (exact) mass is 655 g/mol. The molecule has 47 heavy (non-hydrogen) atoms. The predicted molar refractivity (Wildman–Crippen MR) is 175 cm³/mol. The van der Waals surface area contributed by atoms with Crippen LogP contribution in [-0.2, 0) is 48.6 Å². The highest BCUT2D eigenvalue weighted by molar-refractivity contribution is 7.95. The fourth-order valence-corrected chi connectivity index (χ4v) is 8.38. The van der Waals surface area contributed by atoms with Gasteiger partial charge in [-0.05, 0) is 41.3 Å². The minimum atomic E-state index is -4.17. The Balaban J connectivity index is 1.41. The summed E-state index contributed by atoms with van der Waals surface area (Å²) in [5.41, 5.74) is 0.992. The smallest absolute Gasteiger partial charge is 0.284 e. The summed E-state index contributed by atoms with van der Waals surface area (Å²) < 4.78 is 54.1. The predicted octanol–water partition coefficient (Wildman–Crippen LogP) is 6.31. The van der Waals surface area contributed by atoms with Crippen molar-refractivity contribution < 1.29 is 32.3 Å². The third-order valence-electron chi connectivity index (χ3n) is 8.76. The molecule has 0 spiro atoms. The number of benzene rings is 4. The molecule has 0 N–H and O–H groups in total. The van der Waals surface area contributed by atoms with Gasteiger partial charge < -0.3 is 18.9 Å². The average molecular weight is 656 g/mol. The van der Waals surface area contributed by atoms with Crippen LogP contribution in [0, 0.1) is 10.1 Å². The van der Waals surface area contributed by atoms with E-state index in [0.717, 1.165) is 16.7 Å². The molecule has 5 atom stereocenters. The first-order valence-electron chi connectivity index (χ1n) is 15.5. The van der Waals surface area contributed by atoms with E-state index in [4.69, 9.17) is 18.9 Å². The largest absolute Gasteiger partial charge is 0.374 e. The molecule has 0 aromatic heterocycles. The summed E-state index contributed by atoms with van der Waals surface area (Å²) >= 11 is 0. The van der Waals surface area contributed by atoms with Crippen molar-refractivity contribution in [2.24, 2.45) is 0 Å². The molecule has 0 radical (unpaired) electrons. The summed E-state index contributed by atoms with van der Waals surface area (Å²) in [4.78, 5) is 12.9. The van der Waals surface area contributed by atoms with Crippen molar-refractivity contribution in [3.63, 3.8) is 0 Å². The van der Waals surface area contributed by atoms with Crippen LogP contribution in [0.3, 0.4) is 0 Å². The second kappa shape index (κ2) is 14.3.